The zero-order chi connectivity index (χ0) is 12.7. The van der Waals surface area contributed by atoms with E-state index >= 15 is 0 Å². The molecular weight excluding hydrogens is 224 g/mol. The molecule has 0 atom stereocenters. The molecule has 7 heteroatoms. The Morgan fingerprint density at radius 3 is 2.94 bits per heavy atom. The van der Waals surface area contributed by atoms with E-state index in [4.69, 9.17) is 4.84 Å². The number of hydrogen-bond donors (Lipinski definition) is 0. The van der Waals surface area contributed by atoms with Crippen molar-refractivity contribution < 1.29 is 9.76 Å². The van der Waals surface area contributed by atoms with Gasteiger partial charge < -0.3 is 0 Å². The minimum absolute atomic E-state index is 0.265. The van der Waals surface area contributed by atoms with Gasteiger partial charge in [-0.25, -0.2) is 5.06 Å². The van der Waals surface area contributed by atoms with Gasteiger partial charge in [-0.1, -0.05) is 6.07 Å². The van der Waals surface area contributed by atoms with E-state index in [1.54, 1.807) is 18.5 Å². The second kappa shape index (κ2) is 6.54. The summed E-state index contributed by atoms with van der Waals surface area (Å²) in [7, 11) is 2.94. The minimum atomic E-state index is -0.447. The van der Waals surface area contributed by atoms with Crippen LogP contribution in [0, 0.1) is 10.1 Å². The van der Waals surface area contributed by atoms with Gasteiger partial charge in [-0.15, -0.1) is 0 Å². The van der Waals surface area contributed by atoms with Gasteiger partial charge in [0, 0.05) is 24.4 Å². The Bertz CT molecular complexity index is 394. The standard InChI is InChI=1S/C10H14N4O3/c1-11-10(8-14(15)16)13(17-2)7-9-4-3-5-12-6-9/h3-6H,7-8H2,1-2H3. The average Bonchev–Trinajstić information content (AvgIpc) is 2.34. The Morgan fingerprint density at radius 2 is 2.47 bits per heavy atom. The highest BCUT2D eigenvalue weighted by atomic mass is 16.7. The van der Waals surface area contributed by atoms with Gasteiger partial charge >= 0.3 is 0 Å². The van der Waals surface area contributed by atoms with Crippen molar-refractivity contribution >= 4 is 5.84 Å². The van der Waals surface area contributed by atoms with Crippen LogP contribution in [-0.4, -0.2) is 41.5 Å². The lowest BCUT2D eigenvalue weighted by atomic mass is 10.3. The molecule has 1 aromatic heterocycles. The third-order valence-electron chi connectivity index (χ3n) is 2.09. The van der Waals surface area contributed by atoms with E-state index in [0.29, 0.717) is 6.54 Å². The number of hydroxylamine groups is 2. The van der Waals surface area contributed by atoms with E-state index in [1.165, 1.54) is 19.2 Å². The van der Waals surface area contributed by atoms with Crippen molar-refractivity contribution in [2.45, 2.75) is 6.54 Å². The molecule has 0 unspecified atom stereocenters. The van der Waals surface area contributed by atoms with Crippen molar-refractivity contribution in [3.63, 3.8) is 0 Å². The molecule has 92 valence electrons. The molecule has 0 aliphatic carbocycles. The molecule has 0 radical (unpaired) electrons. The highest BCUT2D eigenvalue weighted by Crippen LogP contribution is 2.04. The molecule has 0 aromatic carbocycles. The highest BCUT2D eigenvalue weighted by molar-refractivity contribution is 5.82. The maximum Gasteiger partial charge on any atom is 0.262 e. The summed E-state index contributed by atoms with van der Waals surface area (Å²) in [6.07, 6.45) is 3.33. The first kappa shape index (κ1) is 13.0. The van der Waals surface area contributed by atoms with Crippen LogP contribution in [0.4, 0.5) is 0 Å². The average molecular weight is 238 g/mol. The summed E-state index contributed by atoms with van der Waals surface area (Å²) in [6, 6.07) is 3.65. The lowest BCUT2D eigenvalue weighted by Gasteiger charge is -2.20. The number of pyridine rings is 1. The van der Waals surface area contributed by atoms with Crippen molar-refractivity contribution in [1.82, 2.24) is 10.0 Å². The van der Waals surface area contributed by atoms with Crippen molar-refractivity contribution in [2.24, 2.45) is 4.99 Å². The van der Waals surface area contributed by atoms with E-state index in [1.807, 2.05) is 6.07 Å². The fraction of sp³-hybridized carbons (Fsp3) is 0.400. The van der Waals surface area contributed by atoms with Crippen LogP contribution in [0.2, 0.25) is 0 Å². The van der Waals surface area contributed by atoms with Crippen LogP contribution < -0.4 is 0 Å². The van der Waals surface area contributed by atoms with E-state index in [9.17, 15) is 10.1 Å². The zero-order valence-electron chi connectivity index (χ0n) is 9.74. The second-order valence-corrected chi connectivity index (χ2v) is 3.21. The predicted molar refractivity (Wildman–Crippen MR) is 62.0 cm³/mol. The van der Waals surface area contributed by atoms with Crippen LogP contribution >= 0.6 is 0 Å². The van der Waals surface area contributed by atoms with Gasteiger partial charge in [-0.2, -0.15) is 0 Å². The van der Waals surface area contributed by atoms with Crippen molar-refractivity contribution in [3.8, 4) is 0 Å². The third-order valence-corrected chi connectivity index (χ3v) is 2.09. The molecule has 0 saturated carbocycles. The molecular formula is C10H14N4O3. The lowest BCUT2D eigenvalue weighted by Crippen LogP contribution is -2.34. The number of aliphatic imine (C=N–C) groups is 1. The maximum atomic E-state index is 10.5. The Morgan fingerprint density at radius 1 is 1.71 bits per heavy atom. The molecule has 1 rings (SSSR count). The van der Waals surface area contributed by atoms with Gasteiger partial charge in [0.15, 0.2) is 5.84 Å². The minimum Gasteiger partial charge on any atom is -0.275 e. The fourth-order valence-corrected chi connectivity index (χ4v) is 1.30. The van der Waals surface area contributed by atoms with Crippen molar-refractivity contribution in [3.05, 3.63) is 40.2 Å². The number of hydrogen-bond acceptors (Lipinski definition) is 5. The number of rotatable bonds is 5. The Labute approximate surface area is 98.9 Å². The third kappa shape index (κ3) is 4.15. The lowest BCUT2D eigenvalue weighted by molar-refractivity contribution is -0.465. The van der Waals surface area contributed by atoms with Gasteiger partial charge in [0.2, 0.25) is 0 Å². The van der Waals surface area contributed by atoms with Gasteiger partial charge in [0.05, 0.1) is 13.7 Å². The molecule has 7 nitrogen and oxygen atoms in total. The van der Waals surface area contributed by atoms with E-state index < -0.39 is 4.92 Å². The molecule has 0 bridgehead atoms. The predicted octanol–water partition coefficient (Wildman–Crippen LogP) is 0.750. The van der Waals surface area contributed by atoms with E-state index in [2.05, 4.69) is 9.98 Å². The van der Waals surface area contributed by atoms with Crippen LogP contribution in [0.5, 0.6) is 0 Å². The summed E-state index contributed by atoms with van der Waals surface area (Å²) in [4.78, 5) is 22.9. The van der Waals surface area contributed by atoms with E-state index in [-0.39, 0.29) is 12.4 Å². The number of nitro groups is 1. The Hall–Kier alpha value is -2.02. The number of nitrogens with zero attached hydrogens (tertiary/aromatic N) is 4. The SMILES string of the molecule is CN=C(C[N+](=O)[O-])N(Cc1cccnc1)OC. The monoisotopic (exact) mass is 238 g/mol. The Balaban J connectivity index is 2.74. The second-order valence-electron chi connectivity index (χ2n) is 3.21. The van der Waals surface area contributed by atoms with Crippen LogP contribution in [0.15, 0.2) is 29.5 Å². The first-order valence-corrected chi connectivity index (χ1v) is 4.95. The molecule has 0 aliphatic heterocycles. The molecule has 0 aliphatic rings. The first-order chi connectivity index (χ1) is 8.17. The molecule has 0 fully saturated rings. The topological polar surface area (TPSA) is 80.9 Å². The van der Waals surface area contributed by atoms with Gasteiger partial charge in [-0.05, 0) is 11.6 Å². The molecule has 0 saturated heterocycles. The van der Waals surface area contributed by atoms with E-state index in [0.717, 1.165) is 5.56 Å². The Kier molecular flexibility index (Phi) is 5.02. The van der Waals surface area contributed by atoms with Crippen LogP contribution in [0.3, 0.4) is 0 Å². The zero-order valence-corrected chi connectivity index (χ0v) is 9.74. The molecule has 1 heterocycles. The largest absolute Gasteiger partial charge is 0.275 e. The number of aromatic nitrogens is 1. The van der Waals surface area contributed by atoms with Gasteiger partial charge in [-0.3, -0.25) is 24.9 Å². The highest BCUT2D eigenvalue weighted by Gasteiger charge is 2.16. The summed E-state index contributed by atoms with van der Waals surface area (Å²) in [5, 5.41) is 11.8. The van der Waals surface area contributed by atoms with Crippen LogP contribution in [0.25, 0.3) is 0 Å². The molecule has 1 aromatic rings. The quantitative estimate of drug-likeness (QED) is 0.327. The first-order valence-electron chi connectivity index (χ1n) is 4.95. The smallest absolute Gasteiger partial charge is 0.262 e. The molecule has 0 amide bonds. The van der Waals surface area contributed by atoms with Crippen LogP contribution in [-0.2, 0) is 11.4 Å². The fourth-order valence-electron chi connectivity index (χ4n) is 1.30. The molecule has 17 heavy (non-hydrogen) atoms. The number of amidine groups is 1. The normalized spacial score (nSPS) is 11.3. The van der Waals surface area contributed by atoms with Gasteiger partial charge in [0.25, 0.3) is 6.54 Å². The summed E-state index contributed by atoms with van der Waals surface area (Å²) < 4.78 is 0. The molecule has 0 spiro atoms. The summed E-state index contributed by atoms with van der Waals surface area (Å²) in [6.45, 7) is -0.00451. The van der Waals surface area contributed by atoms with Crippen molar-refractivity contribution in [2.75, 3.05) is 20.7 Å². The molecule has 0 N–H and O–H groups in total. The van der Waals surface area contributed by atoms with Crippen LogP contribution in [0.1, 0.15) is 5.56 Å². The maximum absolute atomic E-state index is 10.5. The van der Waals surface area contributed by atoms with Gasteiger partial charge in [0.1, 0.15) is 0 Å². The summed E-state index contributed by atoms with van der Waals surface area (Å²) >= 11 is 0. The summed E-state index contributed by atoms with van der Waals surface area (Å²) in [5.74, 6) is 0.265. The summed E-state index contributed by atoms with van der Waals surface area (Å²) in [5.41, 5.74) is 0.888. The van der Waals surface area contributed by atoms with Crippen molar-refractivity contribution in [1.29, 1.82) is 0 Å².